The number of fused-ring (bicyclic) bond motifs is 1. The SMILES string of the molecule is O=C1Nc2cccc(F)c2SC12CC2. The highest BCUT2D eigenvalue weighted by molar-refractivity contribution is 8.02. The highest BCUT2D eigenvalue weighted by atomic mass is 32.2. The molecular formula is C10H8FNOS. The van der Waals surface area contributed by atoms with Gasteiger partial charge in [0.05, 0.1) is 15.3 Å². The first-order chi connectivity index (χ1) is 6.71. The van der Waals surface area contributed by atoms with Gasteiger partial charge < -0.3 is 5.32 Å². The molecule has 1 fully saturated rings. The summed E-state index contributed by atoms with van der Waals surface area (Å²) in [5.74, 6) is -0.209. The Labute approximate surface area is 84.9 Å². The van der Waals surface area contributed by atoms with Gasteiger partial charge in [0, 0.05) is 0 Å². The maximum absolute atomic E-state index is 13.4. The molecule has 0 bridgehead atoms. The summed E-state index contributed by atoms with van der Waals surface area (Å²) >= 11 is 1.37. The van der Waals surface area contributed by atoms with Crippen LogP contribution in [0.25, 0.3) is 0 Å². The van der Waals surface area contributed by atoms with Crippen LogP contribution in [0.2, 0.25) is 0 Å². The van der Waals surface area contributed by atoms with Gasteiger partial charge in [0.25, 0.3) is 0 Å². The van der Waals surface area contributed by atoms with Crippen molar-refractivity contribution in [2.24, 2.45) is 0 Å². The Morgan fingerprint density at radius 1 is 1.43 bits per heavy atom. The minimum Gasteiger partial charge on any atom is -0.324 e. The molecule has 3 rings (SSSR count). The van der Waals surface area contributed by atoms with Crippen LogP contribution in [-0.2, 0) is 4.79 Å². The van der Waals surface area contributed by atoms with E-state index in [1.165, 1.54) is 17.8 Å². The van der Waals surface area contributed by atoms with Gasteiger partial charge in [-0.3, -0.25) is 4.79 Å². The fourth-order valence-electron chi connectivity index (χ4n) is 1.63. The van der Waals surface area contributed by atoms with Crippen LogP contribution in [0, 0.1) is 5.82 Å². The minimum atomic E-state index is -0.352. The predicted octanol–water partition coefficient (Wildman–Crippen LogP) is 2.40. The zero-order chi connectivity index (χ0) is 9.76. The van der Waals surface area contributed by atoms with E-state index in [2.05, 4.69) is 5.32 Å². The van der Waals surface area contributed by atoms with Crippen LogP contribution in [-0.4, -0.2) is 10.7 Å². The molecule has 1 amide bonds. The van der Waals surface area contributed by atoms with Gasteiger partial charge >= 0.3 is 0 Å². The molecule has 0 aromatic heterocycles. The predicted molar refractivity (Wildman–Crippen MR) is 52.9 cm³/mol. The zero-order valence-electron chi connectivity index (χ0n) is 7.34. The summed E-state index contributed by atoms with van der Waals surface area (Å²) < 4.78 is 13.0. The molecule has 0 saturated heterocycles. The Bertz CT molecular complexity index is 428. The summed E-state index contributed by atoms with van der Waals surface area (Å²) in [5.41, 5.74) is 0.609. The zero-order valence-corrected chi connectivity index (χ0v) is 8.16. The Hall–Kier alpha value is -1.03. The third kappa shape index (κ3) is 1.00. The summed E-state index contributed by atoms with van der Waals surface area (Å²) in [5, 5.41) is 2.75. The number of carbonyl (C=O) groups is 1. The molecule has 0 unspecified atom stereocenters. The molecule has 14 heavy (non-hydrogen) atoms. The molecule has 1 aromatic rings. The van der Waals surface area contributed by atoms with Gasteiger partial charge in [0.15, 0.2) is 0 Å². The number of hydrogen-bond acceptors (Lipinski definition) is 2. The lowest BCUT2D eigenvalue weighted by molar-refractivity contribution is -0.116. The first-order valence-electron chi connectivity index (χ1n) is 4.50. The van der Waals surface area contributed by atoms with Crippen molar-refractivity contribution in [3.63, 3.8) is 0 Å². The maximum atomic E-state index is 13.4. The first kappa shape index (κ1) is 8.29. The van der Waals surface area contributed by atoms with Crippen molar-refractivity contribution in [3.8, 4) is 0 Å². The van der Waals surface area contributed by atoms with E-state index in [4.69, 9.17) is 0 Å². The van der Waals surface area contributed by atoms with Gasteiger partial charge in [-0.15, -0.1) is 11.8 Å². The number of thioether (sulfide) groups is 1. The largest absolute Gasteiger partial charge is 0.324 e. The third-order valence-electron chi connectivity index (χ3n) is 2.63. The fourth-order valence-corrected chi connectivity index (χ4v) is 2.87. The quantitative estimate of drug-likeness (QED) is 0.711. The van der Waals surface area contributed by atoms with E-state index < -0.39 is 0 Å². The van der Waals surface area contributed by atoms with Crippen molar-refractivity contribution >= 4 is 23.4 Å². The summed E-state index contributed by atoms with van der Waals surface area (Å²) in [6.07, 6.45) is 1.72. The second kappa shape index (κ2) is 2.51. The van der Waals surface area contributed by atoms with E-state index in [0.717, 1.165) is 12.8 Å². The van der Waals surface area contributed by atoms with Gasteiger partial charge in [-0.2, -0.15) is 0 Å². The fraction of sp³-hybridized carbons (Fsp3) is 0.300. The van der Waals surface area contributed by atoms with Crippen LogP contribution < -0.4 is 5.32 Å². The van der Waals surface area contributed by atoms with Crippen LogP contribution in [0.15, 0.2) is 23.1 Å². The van der Waals surface area contributed by atoms with E-state index in [1.807, 2.05) is 0 Å². The van der Waals surface area contributed by atoms with Gasteiger partial charge in [0.2, 0.25) is 5.91 Å². The number of amides is 1. The molecule has 4 heteroatoms. The van der Waals surface area contributed by atoms with Gasteiger partial charge in [0.1, 0.15) is 5.82 Å². The molecular weight excluding hydrogens is 201 g/mol. The van der Waals surface area contributed by atoms with E-state index in [0.29, 0.717) is 10.6 Å². The summed E-state index contributed by atoms with van der Waals surface area (Å²) in [6.45, 7) is 0. The molecule has 1 heterocycles. The minimum absolute atomic E-state index is 0.0283. The number of anilines is 1. The Morgan fingerprint density at radius 2 is 2.21 bits per heavy atom. The molecule has 1 spiro atoms. The van der Waals surface area contributed by atoms with Crippen molar-refractivity contribution in [1.29, 1.82) is 0 Å². The molecule has 72 valence electrons. The molecule has 1 aromatic carbocycles. The molecule has 1 N–H and O–H groups in total. The number of hydrogen-bond donors (Lipinski definition) is 1. The van der Waals surface area contributed by atoms with E-state index in [-0.39, 0.29) is 16.5 Å². The van der Waals surface area contributed by atoms with Gasteiger partial charge in [-0.1, -0.05) is 6.07 Å². The number of carbonyl (C=O) groups excluding carboxylic acids is 1. The van der Waals surface area contributed by atoms with Crippen LogP contribution in [0.4, 0.5) is 10.1 Å². The normalized spacial score (nSPS) is 21.6. The first-order valence-corrected chi connectivity index (χ1v) is 5.32. The molecule has 0 radical (unpaired) electrons. The molecule has 1 aliphatic heterocycles. The third-order valence-corrected chi connectivity index (χ3v) is 4.23. The average Bonchev–Trinajstić information content (AvgIpc) is 2.91. The lowest BCUT2D eigenvalue weighted by atomic mass is 10.2. The van der Waals surface area contributed by atoms with Crippen molar-refractivity contribution in [1.82, 2.24) is 0 Å². The number of rotatable bonds is 0. The Kier molecular flexibility index (Phi) is 1.49. The van der Waals surface area contributed by atoms with Crippen molar-refractivity contribution < 1.29 is 9.18 Å². The molecule has 0 atom stereocenters. The summed E-state index contributed by atoms with van der Waals surface area (Å²) in [7, 11) is 0. The Balaban J connectivity index is 2.11. The standard InChI is InChI=1S/C10H8FNOS/c11-6-2-1-3-7-8(6)14-10(4-5-10)9(13)12-7/h1-3H,4-5H2,(H,12,13). The Morgan fingerprint density at radius 3 is 2.93 bits per heavy atom. The summed E-state index contributed by atoms with van der Waals surface area (Å²) in [6, 6.07) is 4.78. The lowest BCUT2D eigenvalue weighted by Crippen LogP contribution is -2.30. The second-order valence-corrected chi connectivity index (χ2v) is 5.06. The van der Waals surface area contributed by atoms with Crippen molar-refractivity contribution in [2.75, 3.05) is 5.32 Å². The van der Waals surface area contributed by atoms with Gasteiger partial charge in [-0.25, -0.2) is 4.39 Å². The molecule has 1 aliphatic carbocycles. The lowest BCUT2D eigenvalue weighted by Gasteiger charge is -2.23. The van der Waals surface area contributed by atoms with Crippen LogP contribution in [0.5, 0.6) is 0 Å². The van der Waals surface area contributed by atoms with Crippen LogP contribution in [0.1, 0.15) is 12.8 Å². The monoisotopic (exact) mass is 209 g/mol. The summed E-state index contributed by atoms with van der Waals surface area (Å²) in [4.78, 5) is 12.2. The number of halogens is 1. The van der Waals surface area contributed by atoms with E-state index in [9.17, 15) is 9.18 Å². The highest BCUT2D eigenvalue weighted by Crippen LogP contribution is 2.56. The van der Waals surface area contributed by atoms with E-state index >= 15 is 0 Å². The van der Waals surface area contributed by atoms with Gasteiger partial charge in [-0.05, 0) is 25.0 Å². The van der Waals surface area contributed by atoms with Crippen molar-refractivity contribution in [2.45, 2.75) is 22.5 Å². The molecule has 1 saturated carbocycles. The average molecular weight is 209 g/mol. The maximum Gasteiger partial charge on any atom is 0.241 e. The smallest absolute Gasteiger partial charge is 0.241 e. The van der Waals surface area contributed by atoms with Crippen LogP contribution >= 0.6 is 11.8 Å². The number of nitrogens with one attached hydrogen (secondary N) is 1. The molecule has 2 nitrogen and oxygen atoms in total. The van der Waals surface area contributed by atoms with Crippen LogP contribution in [0.3, 0.4) is 0 Å². The second-order valence-electron chi connectivity index (χ2n) is 3.67. The van der Waals surface area contributed by atoms with Crippen molar-refractivity contribution in [3.05, 3.63) is 24.0 Å². The molecule has 2 aliphatic rings. The topological polar surface area (TPSA) is 29.1 Å². The highest BCUT2D eigenvalue weighted by Gasteiger charge is 2.53. The number of benzene rings is 1. The van der Waals surface area contributed by atoms with E-state index in [1.54, 1.807) is 12.1 Å².